The molecule has 1 unspecified atom stereocenters. The highest BCUT2D eigenvalue weighted by atomic mass is 35.5. The molecular formula is C14H13ClF2N4O4. The number of nitrogens with zero attached hydrogens (tertiary/aromatic N) is 3. The molecule has 0 aliphatic heterocycles. The van der Waals surface area contributed by atoms with Crippen molar-refractivity contribution in [2.24, 2.45) is 0 Å². The van der Waals surface area contributed by atoms with Crippen LogP contribution in [0.25, 0.3) is 0 Å². The van der Waals surface area contributed by atoms with Crippen LogP contribution in [-0.4, -0.2) is 27.2 Å². The third-order valence-corrected chi connectivity index (χ3v) is 3.52. The van der Waals surface area contributed by atoms with Crippen molar-refractivity contribution in [3.8, 4) is 5.75 Å². The standard InChI is InChI=1S/C14H13ClF2N4O4/c1-2-11(20-7-9(6-18-20)21(23)24)13(22)19-8-3-4-12(10(15)5-8)25-14(16)17/h3-7,11,14H,2H2,1H3,(H,19,22). The van der Waals surface area contributed by atoms with Gasteiger partial charge in [-0.25, -0.2) is 0 Å². The molecule has 0 saturated heterocycles. The van der Waals surface area contributed by atoms with E-state index in [0.717, 1.165) is 12.4 Å². The zero-order valence-electron chi connectivity index (χ0n) is 12.9. The lowest BCUT2D eigenvalue weighted by molar-refractivity contribution is -0.385. The number of hydrogen-bond donors (Lipinski definition) is 1. The number of hydrogen-bond acceptors (Lipinski definition) is 5. The van der Waals surface area contributed by atoms with Gasteiger partial charge in [0.2, 0.25) is 5.91 Å². The number of nitrogens with one attached hydrogen (secondary N) is 1. The van der Waals surface area contributed by atoms with Crippen molar-refractivity contribution in [3.63, 3.8) is 0 Å². The van der Waals surface area contributed by atoms with Crippen LogP contribution >= 0.6 is 11.6 Å². The minimum absolute atomic E-state index is 0.0964. The van der Waals surface area contributed by atoms with E-state index >= 15 is 0 Å². The van der Waals surface area contributed by atoms with Crippen molar-refractivity contribution in [2.45, 2.75) is 26.0 Å². The zero-order chi connectivity index (χ0) is 18.6. The number of amides is 1. The third kappa shape index (κ3) is 4.63. The molecule has 1 atom stereocenters. The molecule has 0 saturated carbocycles. The van der Waals surface area contributed by atoms with Crippen LogP contribution in [0.15, 0.2) is 30.6 Å². The number of aromatic nitrogens is 2. The van der Waals surface area contributed by atoms with Crippen molar-refractivity contribution in [3.05, 3.63) is 45.7 Å². The molecular weight excluding hydrogens is 362 g/mol. The smallest absolute Gasteiger partial charge is 0.387 e. The third-order valence-electron chi connectivity index (χ3n) is 3.22. The van der Waals surface area contributed by atoms with Gasteiger partial charge in [0.05, 0.1) is 9.95 Å². The molecule has 1 N–H and O–H groups in total. The van der Waals surface area contributed by atoms with Gasteiger partial charge in [0.15, 0.2) is 0 Å². The van der Waals surface area contributed by atoms with Crippen LogP contribution in [0, 0.1) is 10.1 Å². The fourth-order valence-corrected chi connectivity index (χ4v) is 2.31. The number of benzene rings is 1. The Balaban J connectivity index is 2.13. The molecule has 25 heavy (non-hydrogen) atoms. The van der Waals surface area contributed by atoms with Crippen LogP contribution in [0.2, 0.25) is 5.02 Å². The summed E-state index contributed by atoms with van der Waals surface area (Å²) in [5.74, 6) is -0.705. The number of carbonyl (C=O) groups is 1. The molecule has 0 aliphatic carbocycles. The average molecular weight is 375 g/mol. The summed E-state index contributed by atoms with van der Waals surface area (Å²) in [6, 6.07) is 3.02. The summed E-state index contributed by atoms with van der Waals surface area (Å²) in [4.78, 5) is 22.4. The van der Waals surface area contributed by atoms with Crippen molar-refractivity contribution in [2.75, 3.05) is 5.32 Å². The molecule has 2 aromatic rings. The normalized spacial score (nSPS) is 12.0. The minimum atomic E-state index is -3.02. The first-order chi connectivity index (χ1) is 11.8. The predicted molar refractivity (Wildman–Crippen MR) is 84.9 cm³/mol. The van der Waals surface area contributed by atoms with E-state index < -0.39 is 23.5 Å². The quantitative estimate of drug-likeness (QED) is 0.589. The van der Waals surface area contributed by atoms with Gasteiger partial charge in [0.1, 0.15) is 24.2 Å². The largest absolute Gasteiger partial charge is 0.433 e. The number of carbonyl (C=O) groups excluding carboxylic acids is 1. The van der Waals surface area contributed by atoms with Crippen LogP contribution in [0.1, 0.15) is 19.4 Å². The Kier molecular flexibility index (Phi) is 5.86. The lowest BCUT2D eigenvalue weighted by Gasteiger charge is -2.16. The molecule has 11 heteroatoms. The SMILES string of the molecule is CCC(C(=O)Nc1ccc(OC(F)F)c(Cl)c1)n1cc([N+](=O)[O-])cn1. The van der Waals surface area contributed by atoms with Gasteiger partial charge >= 0.3 is 12.3 Å². The van der Waals surface area contributed by atoms with E-state index in [4.69, 9.17) is 11.6 Å². The molecule has 1 aromatic heterocycles. The summed E-state index contributed by atoms with van der Waals surface area (Å²) in [6.45, 7) is -1.30. The molecule has 0 aliphatic rings. The maximum atomic E-state index is 12.4. The monoisotopic (exact) mass is 374 g/mol. The van der Waals surface area contributed by atoms with Crippen LogP contribution in [0.4, 0.5) is 20.2 Å². The topological polar surface area (TPSA) is 99.3 Å². The van der Waals surface area contributed by atoms with Crippen LogP contribution in [-0.2, 0) is 4.79 Å². The highest BCUT2D eigenvalue weighted by Gasteiger charge is 2.22. The van der Waals surface area contributed by atoms with Crippen molar-refractivity contribution >= 4 is 28.9 Å². The average Bonchev–Trinajstić information content (AvgIpc) is 3.00. The van der Waals surface area contributed by atoms with Gasteiger partial charge in [-0.1, -0.05) is 18.5 Å². The number of nitro groups is 1. The van der Waals surface area contributed by atoms with E-state index in [1.807, 2.05) is 0 Å². The number of rotatable bonds is 7. The number of halogens is 3. The minimum Gasteiger partial charge on any atom is -0.433 e. The van der Waals surface area contributed by atoms with Gasteiger partial charge in [0, 0.05) is 5.69 Å². The van der Waals surface area contributed by atoms with E-state index in [9.17, 15) is 23.7 Å². The first-order valence-electron chi connectivity index (χ1n) is 7.05. The van der Waals surface area contributed by atoms with Gasteiger partial charge in [-0.2, -0.15) is 13.9 Å². The first-order valence-corrected chi connectivity index (χ1v) is 7.43. The van der Waals surface area contributed by atoms with E-state index in [2.05, 4.69) is 15.2 Å². The van der Waals surface area contributed by atoms with Gasteiger partial charge in [-0.3, -0.25) is 19.6 Å². The second-order valence-electron chi connectivity index (χ2n) is 4.87. The fraction of sp³-hybridized carbons (Fsp3) is 0.286. The summed E-state index contributed by atoms with van der Waals surface area (Å²) >= 11 is 5.82. The Morgan fingerprint density at radius 3 is 2.76 bits per heavy atom. The van der Waals surface area contributed by atoms with Crippen molar-refractivity contribution < 1.29 is 23.2 Å². The van der Waals surface area contributed by atoms with E-state index in [-0.39, 0.29) is 22.1 Å². The van der Waals surface area contributed by atoms with Crippen LogP contribution in [0.3, 0.4) is 0 Å². The number of anilines is 1. The van der Waals surface area contributed by atoms with Crippen molar-refractivity contribution in [1.29, 1.82) is 0 Å². The van der Waals surface area contributed by atoms with Crippen LogP contribution in [0.5, 0.6) is 5.75 Å². The molecule has 1 heterocycles. The molecule has 134 valence electrons. The zero-order valence-corrected chi connectivity index (χ0v) is 13.6. The lowest BCUT2D eigenvalue weighted by atomic mass is 10.2. The molecule has 0 fully saturated rings. The van der Waals surface area contributed by atoms with Crippen LogP contribution < -0.4 is 10.1 Å². The molecule has 0 radical (unpaired) electrons. The maximum Gasteiger partial charge on any atom is 0.387 e. The Hall–Kier alpha value is -2.75. The van der Waals surface area contributed by atoms with Gasteiger partial charge in [0.25, 0.3) is 0 Å². The lowest BCUT2D eigenvalue weighted by Crippen LogP contribution is -2.25. The molecule has 0 bridgehead atoms. The highest BCUT2D eigenvalue weighted by Crippen LogP contribution is 2.29. The van der Waals surface area contributed by atoms with Gasteiger partial charge in [-0.05, 0) is 24.6 Å². The highest BCUT2D eigenvalue weighted by molar-refractivity contribution is 6.32. The number of alkyl halides is 2. The molecule has 1 aromatic carbocycles. The summed E-state index contributed by atoms with van der Waals surface area (Å²) in [7, 11) is 0. The Morgan fingerprint density at radius 1 is 1.52 bits per heavy atom. The van der Waals surface area contributed by atoms with Gasteiger partial charge < -0.3 is 10.1 Å². The second kappa shape index (κ2) is 7.88. The molecule has 8 nitrogen and oxygen atoms in total. The van der Waals surface area contributed by atoms with E-state index in [1.165, 1.54) is 22.9 Å². The summed E-state index contributed by atoms with van der Waals surface area (Å²) in [5, 5.41) is 17.0. The molecule has 2 rings (SSSR count). The maximum absolute atomic E-state index is 12.4. The fourth-order valence-electron chi connectivity index (χ4n) is 2.08. The van der Waals surface area contributed by atoms with Gasteiger partial charge in [-0.15, -0.1) is 0 Å². The molecule has 1 amide bonds. The van der Waals surface area contributed by atoms with E-state index in [1.54, 1.807) is 6.92 Å². The molecule has 0 spiro atoms. The summed E-state index contributed by atoms with van der Waals surface area (Å²) in [5.41, 5.74) is 0.0273. The Labute approximate surface area is 145 Å². The summed E-state index contributed by atoms with van der Waals surface area (Å²) in [6.07, 6.45) is 2.52. The van der Waals surface area contributed by atoms with Crippen molar-refractivity contribution in [1.82, 2.24) is 9.78 Å². The second-order valence-corrected chi connectivity index (χ2v) is 5.28. The first kappa shape index (κ1) is 18.6. The Morgan fingerprint density at radius 2 is 2.24 bits per heavy atom. The predicted octanol–water partition coefficient (Wildman–Crippen LogP) is 3.64. The van der Waals surface area contributed by atoms with E-state index in [0.29, 0.717) is 6.42 Å². The Bertz CT molecular complexity index is 784. The number of ether oxygens (including phenoxy) is 1. The summed E-state index contributed by atoms with van der Waals surface area (Å²) < 4.78 is 29.8.